The van der Waals surface area contributed by atoms with Crippen molar-refractivity contribution in [3.05, 3.63) is 58.3 Å². The van der Waals surface area contributed by atoms with Gasteiger partial charge in [-0.25, -0.2) is 17.9 Å². The van der Waals surface area contributed by atoms with Gasteiger partial charge in [0.25, 0.3) is 0 Å². The Bertz CT molecular complexity index is 1450. The first kappa shape index (κ1) is 20.4. The van der Waals surface area contributed by atoms with Gasteiger partial charge in [0.2, 0.25) is 10.0 Å². The van der Waals surface area contributed by atoms with Crippen LogP contribution in [0.15, 0.2) is 50.5 Å². The van der Waals surface area contributed by atoms with Gasteiger partial charge in [-0.1, -0.05) is 0 Å². The largest absolute Gasteiger partial charge is 0.417 e. The number of rotatable bonds is 4. The summed E-state index contributed by atoms with van der Waals surface area (Å²) in [6.07, 6.45) is 0. The van der Waals surface area contributed by atoms with E-state index >= 15 is 0 Å². The van der Waals surface area contributed by atoms with Crippen molar-refractivity contribution < 1.29 is 12.8 Å². The van der Waals surface area contributed by atoms with Gasteiger partial charge in [0.15, 0.2) is 17.2 Å². The second-order valence-corrected chi connectivity index (χ2v) is 9.59. The molecule has 4 aromatic rings. The number of anilines is 1. The molecule has 1 aliphatic rings. The van der Waals surface area contributed by atoms with E-state index in [2.05, 4.69) is 20.3 Å². The summed E-state index contributed by atoms with van der Waals surface area (Å²) in [6.45, 7) is 5.46. The van der Waals surface area contributed by atoms with Crippen LogP contribution in [0.3, 0.4) is 0 Å². The van der Waals surface area contributed by atoms with Crippen LogP contribution >= 0.6 is 0 Å². The van der Waals surface area contributed by atoms with Gasteiger partial charge in [-0.3, -0.25) is 4.98 Å². The fraction of sp³-hybridized carbons (Fsp3) is 0.300. The van der Waals surface area contributed by atoms with E-state index in [-0.39, 0.29) is 4.90 Å². The van der Waals surface area contributed by atoms with E-state index in [0.29, 0.717) is 48.9 Å². The van der Waals surface area contributed by atoms with E-state index in [1.165, 1.54) is 22.5 Å². The molecule has 1 saturated heterocycles. The van der Waals surface area contributed by atoms with Crippen LogP contribution in [0, 0.1) is 13.8 Å². The minimum absolute atomic E-state index is 0.115. The van der Waals surface area contributed by atoms with Crippen LogP contribution in [-0.4, -0.2) is 63.9 Å². The van der Waals surface area contributed by atoms with E-state index in [0.717, 1.165) is 11.4 Å². The van der Waals surface area contributed by atoms with Crippen LogP contribution < -0.4 is 10.7 Å². The maximum atomic E-state index is 13.1. The summed E-state index contributed by atoms with van der Waals surface area (Å²) < 4.78 is 34.2. The zero-order valence-corrected chi connectivity index (χ0v) is 18.3. The molecule has 0 saturated carbocycles. The Morgan fingerprint density at radius 2 is 1.69 bits per heavy atom. The van der Waals surface area contributed by atoms with E-state index in [9.17, 15) is 13.2 Å². The molecule has 0 spiro atoms. The highest BCUT2D eigenvalue weighted by atomic mass is 32.2. The first-order valence-electron chi connectivity index (χ1n) is 10.1. The predicted octanol–water partition coefficient (Wildman–Crippen LogP) is 1.22. The molecule has 11 nitrogen and oxygen atoms in total. The maximum absolute atomic E-state index is 13.1. The number of aryl methyl sites for hydroxylation is 2. The number of oxazole rings is 1. The predicted molar refractivity (Wildman–Crippen MR) is 116 cm³/mol. The number of H-pyrrole nitrogens is 1. The molecule has 4 heterocycles. The molecule has 1 aliphatic heterocycles. The molecule has 0 amide bonds. The summed E-state index contributed by atoms with van der Waals surface area (Å²) in [5.74, 6) is 0.700. The Labute approximate surface area is 183 Å². The number of aromatic amines is 1. The zero-order chi connectivity index (χ0) is 22.5. The smallest absolute Gasteiger partial charge is 0.408 e. The van der Waals surface area contributed by atoms with Crippen molar-refractivity contribution in [3.63, 3.8) is 0 Å². The molecule has 1 N–H and O–H groups in total. The van der Waals surface area contributed by atoms with Crippen molar-refractivity contribution >= 4 is 26.9 Å². The summed E-state index contributed by atoms with van der Waals surface area (Å²) in [7, 11) is -3.70. The van der Waals surface area contributed by atoms with Gasteiger partial charge < -0.3 is 9.32 Å². The number of aromatic nitrogens is 5. The average Bonchev–Trinajstić information content (AvgIpc) is 3.33. The molecule has 0 atom stereocenters. The van der Waals surface area contributed by atoms with Gasteiger partial charge >= 0.3 is 5.76 Å². The molecule has 1 fully saturated rings. The molecule has 0 bridgehead atoms. The Kier molecular flexibility index (Phi) is 4.82. The number of hydrogen-bond acceptors (Lipinski definition) is 8. The third kappa shape index (κ3) is 3.56. The zero-order valence-electron chi connectivity index (χ0n) is 17.5. The second-order valence-electron chi connectivity index (χ2n) is 7.65. The number of benzene rings is 1. The van der Waals surface area contributed by atoms with Crippen molar-refractivity contribution in [1.29, 1.82) is 0 Å². The van der Waals surface area contributed by atoms with Crippen LogP contribution in [-0.2, 0) is 10.0 Å². The average molecular weight is 456 g/mol. The second kappa shape index (κ2) is 7.57. The van der Waals surface area contributed by atoms with Crippen LogP contribution in [0.1, 0.15) is 11.4 Å². The lowest BCUT2D eigenvalue weighted by atomic mass is 10.3. The molecule has 3 aromatic heterocycles. The molecule has 1 aromatic carbocycles. The van der Waals surface area contributed by atoms with Crippen LogP contribution in [0.25, 0.3) is 16.9 Å². The lowest BCUT2D eigenvalue weighted by Gasteiger charge is -2.34. The van der Waals surface area contributed by atoms with E-state index in [1.807, 2.05) is 36.9 Å². The number of nitrogens with one attached hydrogen (secondary N) is 1. The van der Waals surface area contributed by atoms with Crippen LogP contribution in [0.2, 0.25) is 0 Å². The Hall–Kier alpha value is -3.51. The summed E-state index contributed by atoms with van der Waals surface area (Å²) in [4.78, 5) is 15.9. The van der Waals surface area contributed by atoms with Gasteiger partial charge in [-0.15, -0.1) is 10.2 Å². The molecule has 0 aliphatic carbocycles. The van der Waals surface area contributed by atoms with Crippen LogP contribution in [0.5, 0.6) is 0 Å². The Balaban J connectivity index is 1.29. The minimum atomic E-state index is -3.70. The molecule has 0 unspecified atom stereocenters. The number of sulfonamides is 1. The first-order valence-corrected chi connectivity index (χ1v) is 11.5. The summed E-state index contributed by atoms with van der Waals surface area (Å²) in [5.41, 5.74) is 2.55. The molecule has 32 heavy (non-hydrogen) atoms. The highest BCUT2D eigenvalue weighted by molar-refractivity contribution is 7.89. The van der Waals surface area contributed by atoms with E-state index in [1.54, 1.807) is 4.68 Å². The number of fused-ring (bicyclic) bond motifs is 1. The highest BCUT2D eigenvalue weighted by Crippen LogP contribution is 2.23. The van der Waals surface area contributed by atoms with Crippen molar-refractivity contribution in [3.8, 4) is 5.82 Å². The Morgan fingerprint density at radius 1 is 0.969 bits per heavy atom. The Morgan fingerprint density at radius 3 is 2.34 bits per heavy atom. The molecular weight excluding hydrogens is 434 g/mol. The van der Waals surface area contributed by atoms with Crippen molar-refractivity contribution in [2.75, 3.05) is 31.1 Å². The van der Waals surface area contributed by atoms with Gasteiger partial charge in [0, 0.05) is 31.9 Å². The molecule has 12 heteroatoms. The normalized spacial score (nSPS) is 15.5. The molecule has 5 rings (SSSR count). The maximum Gasteiger partial charge on any atom is 0.417 e. The van der Waals surface area contributed by atoms with Crippen molar-refractivity contribution in [2.24, 2.45) is 0 Å². The number of hydrogen-bond donors (Lipinski definition) is 1. The van der Waals surface area contributed by atoms with Gasteiger partial charge in [0.05, 0.1) is 16.1 Å². The fourth-order valence-electron chi connectivity index (χ4n) is 3.86. The quantitative estimate of drug-likeness (QED) is 0.486. The topological polar surface area (TPSA) is 130 Å². The molecule has 0 radical (unpaired) electrons. The number of nitrogens with zero attached hydrogens (tertiary/aromatic N) is 6. The molecular formula is C20H21N7O4S. The lowest BCUT2D eigenvalue weighted by molar-refractivity contribution is 0.383. The minimum Gasteiger partial charge on any atom is -0.408 e. The standard InChI is InChI=1S/C20H21N7O4S/c1-13-11-14(2)27(24-13)19-6-5-18(22-23-19)25-7-9-26(10-8-25)32(29,30)15-3-4-17-16(12-15)21-20(28)31-17/h3-6,11-12H,7-10H2,1-2H3,(H,21,28). The van der Waals surface area contributed by atoms with Gasteiger partial charge in [-0.2, -0.15) is 9.40 Å². The summed E-state index contributed by atoms with van der Waals surface area (Å²) in [5, 5.41) is 13.0. The molecule has 166 valence electrons. The third-order valence-corrected chi connectivity index (χ3v) is 7.35. The summed E-state index contributed by atoms with van der Waals surface area (Å²) in [6, 6.07) is 10.0. The number of piperazine rings is 1. The van der Waals surface area contributed by atoms with Gasteiger partial charge in [-0.05, 0) is 50.2 Å². The van der Waals surface area contributed by atoms with Gasteiger partial charge in [0.1, 0.15) is 0 Å². The first-order chi connectivity index (χ1) is 15.3. The van der Waals surface area contributed by atoms with Crippen LogP contribution in [0.4, 0.5) is 5.82 Å². The SMILES string of the molecule is Cc1cc(C)n(-c2ccc(N3CCN(S(=O)(=O)c4ccc5oc(=O)[nH]c5c4)CC3)nn2)n1. The fourth-order valence-corrected chi connectivity index (χ4v) is 5.31. The van der Waals surface area contributed by atoms with Crippen molar-refractivity contribution in [2.45, 2.75) is 18.7 Å². The monoisotopic (exact) mass is 455 g/mol. The van der Waals surface area contributed by atoms with E-state index in [4.69, 9.17) is 4.42 Å². The van der Waals surface area contributed by atoms with E-state index < -0.39 is 15.8 Å². The summed E-state index contributed by atoms with van der Waals surface area (Å²) >= 11 is 0. The lowest BCUT2D eigenvalue weighted by Crippen LogP contribution is -2.49. The highest BCUT2D eigenvalue weighted by Gasteiger charge is 2.29. The third-order valence-electron chi connectivity index (χ3n) is 5.45. The van der Waals surface area contributed by atoms with Crippen molar-refractivity contribution in [1.82, 2.24) is 29.3 Å².